The molecule has 0 saturated heterocycles. The lowest BCUT2D eigenvalue weighted by molar-refractivity contribution is -0.128. The quantitative estimate of drug-likeness (QED) is 0.732. The summed E-state index contributed by atoms with van der Waals surface area (Å²) in [5.41, 5.74) is 6.80. The third-order valence-corrected chi connectivity index (χ3v) is 4.98. The van der Waals surface area contributed by atoms with E-state index in [2.05, 4.69) is 48.9 Å². The van der Waals surface area contributed by atoms with Gasteiger partial charge in [0.05, 0.1) is 17.6 Å². The van der Waals surface area contributed by atoms with Crippen molar-refractivity contribution in [3.8, 4) is 0 Å². The topological polar surface area (TPSA) is 46.9 Å². The van der Waals surface area contributed by atoms with Crippen LogP contribution in [0.3, 0.4) is 0 Å². The van der Waals surface area contributed by atoms with Crippen molar-refractivity contribution < 1.29 is 4.79 Å². The fourth-order valence-corrected chi connectivity index (χ4v) is 3.48. The molecular formula is C23H29N3O. The summed E-state index contributed by atoms with van der Waals surface area (Å²) in [6, 6.07) is 12.6. The van der Waals surface area contributed by atoms with Crippen LogP contribution in [0.5, 0.6) is 0 Å². The van der Waals surface area contributed by atoms with Gasteiger partial charge in [-0.15, -0.1) is 0 Å². The van der Waals surface area contributed by atoms with E-state index in [1.54, 1.807) is 0 Å². The zero-order valence-corrected chi connectivity index (χ0v) is 17.2. The smallest absolute Gasteiger partial charge is 0.225 e. The molecule has 0 bridgehead atoms. The number of aryl methyl sites for hydroxylation is 3. The molecule has 142 valence electrons. The highest BCUT2D eigenvalue weighted by atomic mass is 16.2. The Morgan fingerprint density at radius 3 is 2.33 bits per heavy atom. The van der Waals surface area contributed by atoms with E-state index in [1.165, 1.54) is 22.3 Å². The minimum atomic E-state index is -0.416. The second-order valence-corrected chi connectivity index (χ2v) is 8.41. The lowest BCUT2D eigenvalue weighted by Gasteiger charge is -2.19. The Balaban J connectivity index is 2.00. The third-order valence-electron chi connectivity index (χ3n) is 4.98. The second kappa shape index (κ2) is 7.18. The first kappa shape index (κ1) is 19.2. The van der Waals surface area contributed by atoms with Gasteiger partial charge >= 0.3 is 0 Å². The van der Waals surface area contributed by atoms with Gasteiger partial charge < -0.3 is 9.88 Å². The largest absolute Gasteiger partial charge is 0.348 e. The van der Waals surface area contributed by atoms with E-state index in [4.69, 9.17) is 4.98 Å². The lowest BCUT2D eigenvalue weighted by atomic mass is 9.96. The van der Waals surface area contributed by atoms with Crippen molar-refractivity contribution >= 4 is 16.9 Å². The van der Waals surface area contributed by atoms with Crippen molar-refractivity contribution in [2.24, 2.45) is 5.41 Å². The standard InChI is InChI=1S/C23H29N3O/c1-15-11-16(2)18(17(3)12-15)14-26-20-10-8-7-9-19(20)25-21(26)13-24-22(27)23(4,5)6/h7-12H,13-14H2,1-6H3,(H,24,27). The van der Waals surface area contributed by atoms with Crippen LogP contribution >= 0.6 is 0 Å². The van der Waals surface area contributed by atoms with Crippen LogP contribution in [0.4, 0.5) is 0 Å². The van der Waals surface area contributed by atoms with E-state index < -0.39 is 5.41 Å². The number of benzene rings is 2. The number of amides is 1. The average molecular weight is 364 g/mol. The number of rotatable bonds is 4. The Bertz CT molecular complexity index is 970. The number of nitrogens with one attached hydrogen (secondary N) is 1. The first-order valence-electron chi connectivity index (χ1n) is 9.46. The van der Waals surface area contributed by atoms with Gasteiger partial charge in [-0.3, -0.25) is 4.79 Å². The molecule has 0 atom stereocenters. The zero-order valence-electron chi connectivity index (χ0n) is 17.2. The predicted octanol–water partition coefficient (Wildman–Crippen LogP) is 4.67. The number of nitrogens with zero attached hydrogens (tertiary/aromatic N) is 2. The molecule has 4 nitrogen and oxygen atoms in total. The van der Waals surface area contributed by atoms with E-state index in [-0.39, 0.29) is 5.91 Å². The van der Waals surface area contributed by atoms with Crippen LogP contribution in [0.25, 0.3) is 11.0 Å². The van der Waals surface area contributed by atoms with Crippen LogP contribution in [0.15, 0.2) is 36.4 Å². The summed E-state index contributed by atoms with van der Waals surface area (Å²) in [7, 11) is 0. The Kier molecular flexibility index (Phi) is 5.09. The van der Waals surface area contributed by atoms with Crippen molar-refractivity contribution in [2.45, 2.75) is 54.6 Å². The van der Waals surface area contributed by atoms with Crippen LogP contribution < -0.4 is 5.32 Å². The van der Waals surface area contributed by atoms with Crippen LogP contribution in [-0.2, 0) is 17.9 Å². The zero-order chi connectivity index (χ0) is 19.8. The SMILES string of the molecule is Cc1cc(C)c(Cn2c(CNC(=O)C(C)(C)C)nc3ccccc32)c(C)c1. The van der Waals surface area contributed by atoms with Gasteiger partial charge in [0.15, 0.2) is 0 Å². The van der Waals surface area contributed by atoms with Crippen molar-refractivity contribution in [2.75, 3.05) is 0 Å². The van der Waals surface area contributed by atoms with Gasteiger partial charge in [-0.25, -0.2) is 4.98 Å². The second-order valence-electron chi connectivity index (χ2n) is 8.41. The first-order valence-corrected chi connectivity index (χ1v) is 9.46. The van der Waals surface area contributed by atoms with E-state index >= 15 is 0 Å². The normalized spacial score (nSPS) is 11.8. The highest BCUT2D eigenvalue weighted by Crippen LogP contribution is 2.23. The molecule has 0 saturated carbocycles. The Hall–Kier alpha value is -2.62. The molecule has 2 aromatic carbocycles. The highest BCUT2D eigenvalue weighted by Gasteiger charge is 2.22. The molecule has 1 heterocycles. The lowest BCUT2D eigenvalue weighted by Crippen LogP contribution is -2.35. The summed E-state index contributed by atoms with van der Waals surface area (Å²) < 4.78 is 2.23. The monoisotopic (exact) mass is 363 g/mol. The fraction of sp³-hybridized carbons (Fsp3) is 0.391. The number of para-hydroxylation sites is 2. The molecule has 1 N–H and O–H groups in total. The molecule has 3 rings (SSSR count). The van der Waals surface area contributed by atoms with Gasteiger partial charge in [-0.05, 0) is 49.6 Å². The van der Waals surface area contributed by atoms with Crippen molar-refractivity contribution in [3.63, 3.8) is 0 Å². The summed E-state index contributed by atoms with van der Waals surface area (Å²) in [4.78, 5) is 17.1. The van der Waals surface area contributed by atoms with Gasteiger partial charge in [0.1, 0.15) is 5.82 Å². The maximum absolute atomic E-state index is 12.3. The summed E-state index contributed by atoms with van der Waals surface area (Å²) >= 11 is 0. The molecular weight excluding hydrogens is 334 g/mol. The molecule has 4 heteroatoms. The van der Waals surface area contributed by atoms with E-state index in [0.29, 0.717) is 6.54 Å². The molecule has 0 aliphatic heterocycles. The van der Waals surface area contributed by atoms with Crippen LogP contribution in [0, 0.1) is 26.2 Å². The number of fused-ring (bicyclic) bond motifs is 1. The molecule has 1 amide bonds. The van der Waals surface area contributed by atoms with Gasteiger partial charge in [-0.2, -0.15) is 0 Å². The number of hydrogen-bond donors (Lipinski definition) is 1. The van der Waals surface area contributed by atoms with Crippen LogP contribution in [0.1, 0.15) is 48.8 Å². The number of aromatic nitrogens is 2. The fourth-order valence-electron chi connectivity index (χ4n) is 3.48. The molecule has 1 aromatic heterocycles. The maximum Gasteiger partial charge on any atom is 0.225 e. The Morgan fingerprint density at radius 1 is 1.07 bits per heavy atom. The maximum atomic E-state index is 12.3. The third kappa shape index (κ3) is 4.05. The highest BCUT2D eigenvalue weighted by molar-refractivity contribution is 5.81. The average Bonchev–Trinajstić information content (AvgIpc) is 2.92. The molecule has 0 aliphatic carbocycles. The molecule has 0 fully saturated rings. The Morgan fingerprint density at radius 2 is 1.70 bits per heavy atom. The molecule has 3 aromatic rings. The van der Waals surface area contributed by atoms with Gasteiger partial charge in [-0.1, -0.05) is 50.6 Å². The molecule has 0 spiro atoms. The van der Waals surface area contributed by atoms with Crippen LogP contribution in [-0.4, -0.2) is 15.5 Å². The summed E-state index contributed by atoms with van der Waals surface area (Å²) in [5.74, 6) is 0.914. The van der Waals surface area contributed by atoms with E-state index in [1.807, 2.05) is 39.0 Å². The summed E-state index contributed by atoms with van der Waals surface area (Å²) in [6.07, 6.45) is 0. The molecule has 0 radical (unpaired) electrons. The minimum Gasteiger partial charge on any atom is -0.348 e. The minimum absolute atomic E-state index is 0.0313. The van der Waals surface area contributed by atoms with E-state index in [0.717, 1.165) is 23.4 Å². The molecule has 27 heavy (non-hydrogen) atoms. The summed E-state index contributed by atoms with van der Waals surface area (Å²) in [6.45, 7) is 13.4. The van der Waals surface area contributed by atoms with Crippen molar-refractivity contribution in [3.05, 3.63) is 64.5 Å². The molecule has 0 aliphatic rings. The number of carbonyl (C=O) groups excluding carboxylic acids is 1. The van der Waals surface area contributed by atoms with Gasteiger partial charge in [0, 0.05) is 12.0 Å². The van der Waals surface area contributed by atoms with E-state index in [9.17, 15) is 4.79 Å². The van der Waals surface area contributed by atoms with Gasteiger partial charge in [0.25, 0.3) is 0 Å². The summed E-state index contributed by atoms with van der Waals surface area (Å²) in [5, 5.41) is 3.04. The number of hydrogen-bond acceptors (Lipinski definition) is 2. The number of carbonyl (C=O) groups is 1. The Labute approximate surface area is 161 Å². The molecule has 0 unspecified atom stereocenters. The number of imidazole rings is 1. The van der Waals surface area contributed by atoms with Gasteiger partial charge in [0.2, 0.25) is 5.91 Å². The van der Waals surface area contributed by atoms with Crippen LogP contribution in [0.2, 0.25) is 0 Å². The predicted molar refractivity (Wildman–Crippen MR) is 111 cm³/mol. The first-order chi connectivity index (χ1) is 12.7. The van der Waals surface area contributed by atoms with Crippen molar-refractivity contribution in [1.29, 1.82) is 0 Å². The van der Waals surface area contributed by atoms with Crippen molar-refractivity contribution in [1.82, 2.24) is 14.9 Å².